The van der Waals surface area contributed by atoms with E-state index in [1.807, 2.05) is 12.1 Å². The molecule has 4 aromatic carbocycles. The Morgan fingerprint density at radius 3 is 1.18 bits per heavy atom. The van der Waals surface area contributed by atoms with E-state index in [-0.39, 0.29) is 23.2 Å². The quantitative estimate of drug-likeness (QED) is 0.142. The van der Waals surface area contributed by atoms with Crippen molar-refractivity contribution in [2.24, 2.45) is 0 Å². The maximum atomic E-state index is 13.5. The highest BCUT2D eigenvalue weighted by molar-refractivity contribution is 6.09. The van der Waals surface area contributed by atoms with Crippen LogP contribution in [-0.4, -0.2) is 24.7 Å². The molecule has 0 heterocycles. The molecule has 6 heteroatoms. The molecule has 0 aromatic heterocycles. The first-order chi connectivity index (χ1) is 18.5. The third-order valence-electron chi connectivity index (χ3n) is 5.73. The first-order valence-electron chi connectivity index (χ1n) is 12.1. The number of carbonyl (C=O) groups excluding carboxylic acids is 2. The van der Waals surface area contributed by atoms with Crippen LogP contribution in [0.3, 0.4) is 0 Å². The first-order valence-corrected chi connectivity index (χ1v) is 12.1. The minimum atomic E-state index is -0.374. The predicted molar refractivity (Wildman–Crippen MR) is 146 cm³/mol. The van der Waals surface area contributed by atoms with Crippen molar-refractivity contribution in [3.05, 3.63) is 155 Å². The largest absolute Gasteiger partial charge is 0.383 e. The summed E-state index contributed by atoms with van der Waals surface area (Å²) in [5.41, 5.74) is 3.45. The summed E-state index contributed by atoms with van der Waals surface area (Å²) < 4.78 is 27.0. The molecule has 0 saturated heterocycles. The second-order valence-electron chi connectivity index (χ2n) is 8.44. The molecule has 0 bridgehead atoms. The van der Waals surface area contributed by atoms with Crippen LogP contribution < -0.4 is 10.6 Å². The van der Waals surface area contributed by atoms with Crippen LogP contribution in [0.4, 0.5) is 8.78 Å². The van der Waals surface area contributed by atoms with Gasteiger partial charge in [0.15, 0.2) is 11.6 Å². The lowest BCUT2D eigenvalue weighted by Gasteiger charge is -2.15. The summed E-state index contributed by atoms with van der Waals surface area (Å²) in [7, 11) is 0. The lowest BCUT2D eigenvalue weighted by Crippen LogP contribution is -2.26. The van der Waals surface area contributed by atoms with E-state index in [1.54, 1.807) is 72.8 Å². The van der Waals surface area contributed by atoms with E-state index in [0.717, 1.165) is 0 Å². The second-order valence-corrected chi connectivity index (χ2v) is 8.44. The highest BCUT2D eigenvalue weighted by atomic mass is 19.1. The number of hydrogen-bond donors (Lipinski definition) is 2. The van der Waals surface area contributed by atoms with Gasteiger partial charge in [-0.2, -0.15) is 0 Å². The number of ketones is 2. The molecule has 0 atom stereocenters. The fourth-order valence-electron chi connectivity index (χ4n) is 3.76. The number of halogens is 2. The Bertz CT molecular complexity index is 1320. The fourth-order valence-corrected chi connectivity index (χ4v) is 3.76. The molecule has 190 valence electrons. The number of benzene rings is 4. The van der Waals surface area contributed by atoms with E-state index in [0.29, 0.717) is 46.7 Å². The monoisotopic (exact) mass is 508 g/mol. The van der Waals surface area contributed by atoms with E-state index in [2.05, 4.69) is 10.6 Å². The highest BCUT2D eigenvalue weighted by Crippen LogP contribution is 2.16. The molecule has 0 aliphatic carbocycles. The third kappa shape index (κ3) is 7.34. The Hall–Kier alpha value is -4.84. The smallest absolute Gasteiger partial charge is 0.187 e. The van der Waals surface area contributed by atoms with Crippen LogP contribution in [-0.2, 0) is 0 Å². The Balaban J connectivity index is 1.50. The van der Waals surface area contributed by atoms with Crippen LogP contribution in [0.2, 0.25) is 0 Å². The van der Waals surface area contributed by atoms with E-state index in [4.69, 9.17) is 0 Å². The van der Waals surface area contributed by atoms with Gasteiger partial charge < -0.3 is 10.6 Å². The summed E-state index contributed by atoms with van der Waals surface area (Å²) >= 11 is 0. The zero-order chi connectivity index (χ0) is 26.7. The summed E-state index contributed by atoms with van der Waals surface area (Å²) in [6.45, 7) is 0.757. The van der Waals surface area contributed by atoms with Crippen LogP contribution in [0.25, 0.3) is 11.4 Å². The van der Waals surface area contributed by atoms with Gasteiger partial charge in [-0.15, -0.1) is 0 Å². The van der Waals surface area contributed by atoms with Crippen LogP contribution in [0, 0.1) is 11.6 Å². The summed E-state index contributed by atoms with van der Waals surface area (Å²) in [5, 5.41) is 6.48. The topological polar surface area (TPSA) is 58.2 Å². The van der Waals surface area contributed by atoms with Gasteiger partial charge in [-0.05, 0) is 35.4 Å². The molecule has 0 aliphatic rings. The van der Waals surface area contributed by atoms with Crippen molar-refractivity contribution >= 4 is 23.0 Å². The molecule has 0 spiro atoms. The van der Waals surface area contributed by atoms with E-state index in [9.17, 15) is 18.4 Å². The molecule has 4 rings (SSSR count). The summed E-state index contributed by atoms with van der Waals surface area (Å²) in [6.07, 6.45) is 2.97. The van der Waals surface area contributed by atoms with Crippen LogP contribution in [0.5, 0.6) is 0 Å². The number of nitrogens with one attached hydrogen (secondary N) is 2. The fraction of sp³-hybridized carbons (Fsp3) is 0.0625. The van der Waals surface area contributed by atoms with Crippen molar-refractivity contribution in [3.8, 4) is 0 Å². The molecule has 0 fully saturated rings. The van der Waals surface area contributed by atoms with Gasteiger partial charge in [-0.3, -0.25) is 9.59 Å². The number of allylic oxidation sites excluding steroid dienone is 2. The van der Waals surface area contributed by atoms with Gasteiger partial charge in [0.05, 0.1) is 0 Å². The van der Waals surface area contributed by atoms with Crippen molar-refractivity contribution in [2.45, 2.75) is 0 Å². The normalized spacial score (nSPS) is 11.6. The van der Waals surface area contributed by atoms with Gasteiger partial charge in [0.1, 0.15) is 11.6 Å². The molecular weight excluding hydrogens is 482 g/mol. The lowest BCUT2D eigenvalue weighted by atomic mass is 10.1. The summed E-state index contributed by atoms with van der Waals surface area (Å²) in [4.78, 5) is 25.6. The Kier molecular flexibility index (Phi) is 8.92. The molecule has 0 aliphatic heterocycles. The maximum Gasteiger partial charge on any atom is 0.187 e. The average Bonchev–Trinajstić information content (AvgIpc) is 2.95. The summed E-state index contributed by atoms with van der Waals surface area (Å²) in [6, 6.07) is 29.5. The molecule has 0 saturated carbocycles. The van der Waals surface area contributed by atoms with Crippen LogP contribution >= 0.6 is 0 Å². The van der Waals surface area contributed by atoms with Gasteiger partial charge in [-0.1, -0.05) is 84.9 Å². The van der Waals surface area contributed by atoms with Gasteiger partial charge in [0, 0.05) is 47.8 Å². The molecule has 4 aromatic rings. The Morgan fingerprint density at radius 1 is 0.500 bits per heavy atom. The molecule has 0 unspecified atom stereocenters. The summed E-state index contributed by atoms with van der Waals surface area (Å²) in [5.74, 6) is -1.13. The van der Waals surface area contributed by atoms with Gasteiger partial charge in [-0.25, -0.2) is 8.78 Å². The molecule has 38 heavy (non-hydrogen) atoms. The maximum absolute atomic E-state index is 13.5. The minimum Gasteiger partial charge on any atom is -0.383 e. The van der Waals surface area contributed by atoms with Crippen molar-refractivity contribution < 1.29 is 18.4 Å². The zero-order valence-electron chi connectivity index (χ0n) is 20.5. The first kappa shape index (κ1) is 26.2. The Labute approximate surface area is 220 Å². The minimum absolute atomic E-state index is 0.189. The van der Waals surface area contributed by atoms with Crippen molar-refractivity contribution in [3.63, 3.8) is 0 Å². The number of carbonyl (C=O) groups is 2. The lowest BCUT2D eigenvalue weighted by molar-refractivity contribution is 0.103. The van der Waals surface area contributed by atoms with Crippen LogP contribution in [0.1, 0.15) is 31.8 Å². The van der Waals surface area contributed by atoms with Gasteiger partial charge in [0.25, 0.3) is 0 Å². The van der Waals surface area contributed by atoms with E-state index < -0.39 is 0 Å². The van der Waals surface area contributed by atoms with E-state index in [1.165, 1.54) is 36.4 Å². The molecule has 0 radical (unpaired) electrons. The number of hydrogen-bond acceptors (Lipinski definition) is 4. The molecule has 2 N–H and O–H groups in total. The van der Waals surface area contributed by atoms with Gasteiger partial charge >= 0.3 is 0 Å². The highest BCUT2D eigenvalue weighted by Gasteiger charge is 2.10. The molecular formula is C32H26F2N2O2. The van der Waals surface area contributed by atoms with Crippen molar-refractivity contribution in [2.75, 3.05) is 13.1 Å². The second kappa shape index (κ2) is 12.9. The van der Waals surface area contributed by atoms with Crippen LogP contribution in [0.15, 0.2) is 121 Å². The van der Waals surface area contributed by atoms with Crippen molar-refractivity contribution in [1.29, 1.82) is 0 Å². The van der Waals surface area contributed by atoms with Gasteiger partial charge in [0.2, 0.25) is 0 Å². The molecule has 4 nitrogen and oxygen atoms in total. The van der Waals surface area contributed by atoms with E-state index >= 15 is 0 Å². The zero-order valence-corrected chi connectivity index (χ0v) is 20.5. The standard InChI is InChI=1S/C32H26F2N2O2/c33-27-15-11-23(12-16-27)29(21-31(37)25-7-3-1-4-8-25)35-19-20-36-30(24-13-17-28(34)18-14-24)22-32(38)26-9-5-2-6-10-26/h1-18,21-22,35-36H,19-20H2/b29-21-,30-22-. The van der Waals surface area contributed by atoms with Crippen molar-refractivity contribution in [1.82, 2.24) is 10.6 Å². The number of rotatable bonds is 11. The Morgan fingerprint density at radius 2 is 0.842 bits per heavy atom. The SMILES string of the molecule is O=C(/C=C(\NCCN/C(=C\C(=O)c1ccccc1)c1ccc(F)cc1)c1ccc(F)cc1)c1ccccc1. The predicted octanol–water partition coefficient (Wildman–Crippen LogP) is 6.29. The average molecular weight is 509 g/mol. The molecule has 0 amide bonds. The third-order valence-corrected chi connectivity index (χ3v) is 5.73.